The van der Waals surface area contributed by atoms with Gasteiger partial charge in [0.15, 0.2) is 5.96 Å². The van der Waals surface area contributed by atoms with Crippen LogP contribution in [0.2, 0.25) is 0 Å². The molecule has 1 saturated carbocycles. The standard InChI is InChI=1S/C24H36N6O.HI/c1-4-25-23(28-19-24(13-8-9-14-24)22(31)29(2)3)27-15-12-21-26-16-17-30(21)18-20-10-6-5-7-11-20;/h5-7,10-11,16-17H,4,8-9,12-15,18-19H2,1-3H3,(H2,25,27,28);1H. The molecular formula is C24H37IN6O. The third-order valence-corrected chi connectivity index (χ3v) is 5.94. The second-order valence-corrected chi connectivity index (χ2v) is 8.52. The first-order chi connectivity index (χ1) is 15.0. The molecule has 0 saturated heterocycles. The predicted molar refractivity (Wildman–Crippen MR) is 140 cm³/mol. The average Bonchev–Trinajstić information content (AvgIpc) is 3.42. The molecule has 0 aliphatic heterocycles. The molecule has 1 aliphatic carbocycles. The lowest BCUT2D eigenvalue weighted by Gasteiger charge is -2.29. The highest BCUT2D eigenvalue weighted by Crippen LogP contribution is 2.39. The number of amides is 1. The van der Waals surface area contributed by atoms with E-state index in [9.17, 15) is 4.79 Å². The van der Waals surface area contributed by atoms with Crippen molar-refractivity contribution in [3.8, 4) is 0 Å². The zero-order valence-electron chi connectivity index (χ0n) is 19.5. The summed E-state index contributed by atoms with van der Waals surface area (Å²) in [5, 5.41) is 6.73. The maximum atomic E-state index is 12.8. The third-order valence-electron chi connectivity index (χ3n) is 5.94. The van der Waals surface area contributed by atoms with Crippen LogP contribution in [0, 0.1) is 5.41 Å². The second kappa shape index (κ2) is 12.8. The number of benzene rings is 1. The van der Waals surface area contributed by atoms with Crippen LogP contribution in [0.4, 0.5) is 0 Å². The summed E-state index contributed by atoms with van der Waals surface area (Å²) < 4.78 is 2.18. The highest BCUT2D eigenvalue weighted by atomic mass is 127. The lowest BCUT2D eigenvalue weighted by molar-refractivity contribution is -0.138. The monoisotopic (exact) mass is 552 g/mol. The molecule has 0 bridgehead atoms. The average molecular weight is 553 g/mol. The van der Waals surface area contributed by atoms with Crippen molar-refractivity contribution in [1.82, 2.24) is 25.1 Å². The minimum Gasteiger partial charge on any atom is -0.357 e. The minimum absolute atomic E-state index is 0. The third kappa shape index (κ3) is 6.95. The molecule has 1 fully saturated rings. The maximum absolute atomic E-state index is 12.8. The second-order valence-electron chi connectivity index (χ2n) is 8.52. The first-order valence-electron chi connectivity index (χ1n) is 11.3. The van der Waals surface area contributed by atoms with Gasteiger partial charge in [-0.3, -0.25) is 9.79 Å². The van der Waals surface area contributed by atoms with Crippen LogP contribution in [0.1, 0.15) is 44.0 Å². The Morgan fingerprint density at radius 3 is 2.56 bits per heavy atom. The van der Waals surface area contributed by atoms with E-state index in [0.29, 0.717) is 6.54 Å². The van der Waals surface area contributed by atoms with Gasteiger partial charge in [-0.1, -0.05) is 43.2 Å². The molecule has 0 radical (unpaired) electrons. The summed E-state index contributed by atoms with van der Waals surface area (Å²) in [6.45, 7) is 4.91. The summed E-state index contributed by atoms with van der Waals surface area (Å²) in [4.78, 5) is 23.8. The number of carbonyl (C=O) groups is 1. The molecule has 8 heteroatoms. The number of rotatable bonds is 9. The fraction of sp³-hybridized carbons (Fsp3) is 0.542. The number of nitrogens with one attached hydrogen (secondary N) is 2. The molecule has 0 unspecified atom stereocenters. The van der Waals surface area contributed by atoms with Gasteiger partial charge < -0.3 is 20.1 Å². The topological polar surface area (TPSA) is 74.6 Å². The van der Waals surface area contributed by atoms with E-state index in [0.717, 1.165) is 63.5 Å². The molecule has 176 valence electrons. The molecule has 2 aromatic rings. The molecule has 1 aliphatic rings. The SMILES string of the molecule is CCNC(=NCC1(C(=O)N(C)C)CCCC1)NCCc1nccn1Cc1ccccc1.I. The van der Waals surface area contributed by atoms with Gasteiger partial charge in [0.2, 0.25) is 5.91 Å². The van der Waals surface area contributed by atoms with Gasteiger partial charge in [0.1, 0.15) is 5.82 Å². The molecule has 1 heterocycles. The lowest BCUT2D eigenvalue weighted by atomic mass is 9.85. The molecule has 1 amide bonds. The molecule has 32 heavy (non-hydrogen) atoms. The van der Waals surface area contributed by atoms with Crippen LogP contribution in [-0.2, 0) is 17.8 Å². The summed E-state index contributed by atoms with van der Waals surface area (Å²) in [6.07, 6.45) is 8.72. The number of halogens is 1. The van der Waals surface area contributed by atoms with E-state index < -0.39 is 0 Å². The van der Waals surface area contributed by atoms with Gasteiger partial charge in [0.25, 0.3) is 0 Å². The molecule has 1 aromatic carbocycles. The van der Waals surface area contributed by atoms with Crippen molar-refractivity contribution in [3.63, 3.8) is 0 Å². The van der Waals surface area contributed by atoms with Crippen LogP contribution in [0.25, 0.3) is 0 Å². The lowest BCUT2D eigenvalue weighted by Crippen LogP contribution is -2.43. The maximum Gasteiger partial charge on any atom is 0.230 e. The molecule has 1 aromatic heterocycles. The Hall–Kier alpha value is -2.10. The zero-order valence-corrected chi connectivity index (χ0v) is 21.8. The number of aliphatic imine (C=N–C) groups is 1. The summed E-state index contributed by atoms with van der Waals surface area (Å²) in [5.41, 5.74) is 0.912. The summed E-state index contributed by atoms with van der Waals surface area (Å²) in [7, 11) is 3.68. The fourth-order valence-electron chi connectivity index (χ4n) is 4.32. The number of hydrogen-bond acceptors (Lipinski definition) is 3. The smallest absolute Gasteiger partial charge is 0.230 e. The normalized spacial score (nSPS) is 15.2. The van der Waals surface area contributed by atoms with Crippen molar-refractivity contribution >= 4 is 35.8 Å². The van der Waals surface area contributed by atoms with E-state index in [1.165, 1.54) is 5.56 Å². The van der Waals surface area contributed by atoms with Crippen molar-refractivity contribution in [3.05, 3.63) is 54.1 Å². The Labute approximate surface area is 209 Å². The number of hydrogen-bond donors (Lipinski definition) is 2. The van der Waals surface area contributed by atoms with E-state index >= 15 is 0 Å². The summed E-state index contributed by atoms with van der Waals surface area (Å²) in [6, 6.07) is 10.4. The van der Waals surface area contributed by atoms with Gasteiger partial charge in [-0.2, -0.15) is 0 Å². The van der Waals surface area contributed by atoms with Crippen molar-refractivity contribution in [2.45, 2.75) is 45.6 Å². The van der Waals surface area contributed by atoms with E-state index in [-0.39, 0.29) is 35.3 Å². The first kappa shape index (κ1) is 26.2. The Morgan fingerprint density at radius 1 is 1.19 bits per heavy atom. The highest BCUT2D eigenvalue weighted by Gasteiger charge is 2.42. The molecule has 0 atom stereocenters. The van der Waals surface area contributed by atoms with Crippen LogP contribution in [0.3, 0.4) is 0 Å². The number of carbonyl (C=O) groups excluding carboxylic acids is 1. The highest BCUT2D eigenvalue weighted by molar-refractivity contribution is 14.0. The number of aromatic nitrogens is 2. The quantitative estimate of drug-likeness (QED) is 0.285. The van der Waals surface area contributed by atoms with E-state index in [4.69, 9.17) is 4.99 Å². The van der Waals surface area contributed by atoms with E-state index in [1.54, 1.807) is 4.90 Å². The number of nitrogens with zero attached hydrogens (tertiary/aromatic N) is 4. The van der Waals surface area contributed by atoms with Gasteiger partial charge >= 0.3 is 0 Å². The number of guanidine groups is 1. The molecule has 7 nitrogen and oxygen atoms in total. The van der Waals surface area contributed by atoms with Gasteiger partial charge in [-0.25, -0.2) is 4.98 Å². The van der Waals surface area contributed by atoms with Crippen LogP contribution < -0.4 is 10.6 Å². The van der Waals surface area contributed by atoms with Gasteiger partial charge in [0, 0.05) is 52.5 Å². The van der Waals surface area contributed by atoms with Crippen molar-refractivity contribution in [2.75, 3.05) is 33.7 Å². The van der Waals surface area contributed by atoms with Crippen LogP contribution >= 0.6 is 24.0 Å². The minimum atomic E-state index is -0.349. The largest absolute Gasteiger partial charge is 0.357 e. The van der Waals surface area contributed by atoms with Gasteiger partial charge in [-0.15, -0.1) is 24.0 Å². The van der Waals surface area contributed by atoms with Crippen LogP contribution in [0.15, 0.2) is 47.7 Å². The zero-order chi connectivity index (χ0) is 22.1. The molecular weight excluding hydrogens is 515 g/mol. The Balaban J connectivity index is 0.00000363. The van der Waals surface area contributed by atoms with Crippen molar-refractivity contribution < 1.29 is 4.79 Å². The first-order valence-corrected chi connectivity index (χ1v) is 11.3. The van der Waals surface area contributed by atoms with E-state index in [1.807, 2.05) is 32.6 Å². The molecule has 2 N–H and O–H groups in total. The van der Waals surface area contributed by atoms with Gasteiger partial charge in [0.05, 0.1) is 12.0 Å². The van der Waals surface area contributed by atoms with Crippen molar-refractivity contribution in [2.24, 2.45) is 10.4 Å². The Kier molecular flexibility index (Phi) is 10.5. The summed E-state index contributed by atoms with van der Waals surface area (Å²) in [5.74, 6) is 2.01. The Bertz CT molecular complexity index is 858. The van der Waals surface area contributed by atoms with Crippen LogP contribution in [-0.4, -0.2) is 60.0 Å². The molecule has 0 spiro atoms. The van der Waals surface area contributed by atoms with Gasteiger partial charge in [-0.05, 0) is 25.3 Å². The van der Waals surface area contributed by atoms with Crippen molar-refractivity contribution in [1.29, 1.82) is 0 Å². The number of imidazole rings is 1. The van der Waals surface area contributed by atoms with Crippen LogP contribution in [0.5, 0.6) is 0 Å². The summed E-state index contributed by atoms with van der Waals surface area (Å²) >= 11 is 0. The Morgan fingerprint density at radius 2 is 1.91 bits per heavy atom. The molecule has 3 rings (SSSR count). The van der Waals surface area contributed by atoms with E-state index in [2.05, 4.69) is 51.4 Å². The fourth-order valence-corrected chi connectivity index (χ4v) is 4.32. The predicted octanol–water partition coefficient (Wildman–Crippen LogP) is 3.30.